The third-order valence-electron chi connectivity index (χ3n) is 2.90. The molecule has 0 aromatic carbocycles. The lowest BCUT2D eigenvalue weighted by molar-refractivity contribution is 0.134. The molecular weight excluding hydrogens is 206 g/mol. The highest BCUT2D eigenvalue weighted by molar-refractivity contribution is 5.66. The minimum atomic E-state index is -0.334. The maximum Gasteiger partial charge on any atom is 0.406 e. The Kier molecular flexibility index (Phi) is 6.18. The van der Waals surface area contributed by atoms with Crippen LogP contribution < -0.4 is 5.32 Å². The third-order valence-corrected chi connectivity index (χ3v) is 2.90. The molecule has 16 heavy (non-hydrogen) atoms. The molecule has 1 saturated heterocycles. The number of ether oxygens (including phenoxy) is 1. The summed E-state index contributed by atoms with van der Waals surface area (Å²) in [4.78, 5) is 15.6. The lowest BCUT2D eigenvalue weighted by Gasteiger charge is -2.32. The van der Waals surface area contributed by atoms with Crippen molar-refractivity contribution in [2.45, 2.75) is 12.8 Å². The summed E-state index contributed by atoms with van der Waals surface area (Å²) in [6.07, 6.45) is 1.71. The number of hydrogen-bond donors (Lipinski definition) is 1. The Labute approximate surface area is 97.7 Å². The van der Waals surface area contributed by atoms with E-state index in [1.54, 1.807) is 7.05 Å². The Hall–Kier alpha value is -0.810. The summed E-state index contributed by atoms with van der Waals surface area (Å²) in [5.74, 6) is 0. The first-order chi connectivity index (χ1) is 7.72. The number of alkyl carbamates (subject to hydrolysis) is 1. The maximum absolute atomic E-state index is 10.8. The van der Waals surface area contributed by atoms with Crippen molar-refractivity contribution < 1.29 is 9.53 Å². The van der Waals surface area contributed by atoms with Gasteiger partial charge in [-0.15, -0.1) is 0 Å². The van der Waals surface area contributed by atoms with E-state index < -0.39 is 0 Å². The molecule has 94 valence electrons. The van der Waals surface area contributed by atoms with Gasteiger partial charge < -0.3 is 19.9 Å². The van der Waals surface area contributed by atoms with Crippen LogP contribution in [0.25, 0.3) is 0 Å². The molecule has 1 amide bonds. The first-order valence-electron chi connectivity index (χ1n) is 5.98. The standard InChI is InChI=1S/C11H23N3O2/c1-12-11(15)16-10-4-3-5-14-8-6-13(2)7-9-14/h3-10H2,1-2H3,(H,12,15). The second-order valence-corrected chi connectivity index (χ2v) is 4.24. The van der Waals surface area contributed by atoms with E-state index in [1.165, 1.54) is 0 Å². The number of likely N-dealkylation sites (N-methyl/N-ethyl adjacent to an activating group) is 1. The number of nitrogens with one attached hydrogen (secondary N) is 1. The molecule has 0 spiro atoms. The first kappa shape index (κ1) is 13.3. The Morgan fingerprint density at radius 1 is 1.25 bits per heavy atom. The van der Waals surface area contributed by atoms with E-state index in [1.807, 2.05) is 0 Å². The van der Waals surface area contributed by atoms with Gasteiger partial charge in [-0.05, 0) is 26.4 Å². The van der Waals surface area contributed by atoms with Crippen LogP contribution in [0.5, 0.6) is 0 Å². The van der Waals surface area contributed by atoms with Gasteiger partial charge in [-0.1, -0.05) is 0 Å². The molecule has 1 rings (SSSR count). The fraction of sp³-hybridized carbons (Fsp3) is 0.909. The fourth-order valence-corrected chi connectivity index (χ4v) is 1.75. The van der Waals surface area contributed by atoms with Crippen molar-refractivity contribution in [2.24, 2.45) is 0 Å². The smallest absolute Gasteiger partial charge is 0.406 e. The van der Waals surface area contributed by atoms with E-state index in [4.69, 9.17) is 4.74 Å². The van der Waals surface area contributed by atoms with Crippen LogP contribution in [0.1, 0.15) is 12.8 Å². The van der Waals surface area contributed by atoms with Crippen LogP contribution in [-0.4, -0.2) is 69.3 Å². The molecule has 1 aliphatic rings. The molecule has 0 saturated carbocycles. The molecule has 0 atom stereocenters. The number of carbonyl (C=O) groups excluding carboxylic acids is 1. The van der Waals surface area contributed by atoms with Crippen molar-refractivity contribution in [3.63, 3.8) is 0 Å². The number of rotatable bonds is 5. The molecule has 5 heteroatoms. The summed E-state index contributed by atoms with van der Waals surface area (Å²) >= 11 is 0. The van der Waals surface area contributed by atoms with Gasteiger partial charge in [0.1, 0.15) is 0 Å². The highest BCUT2D eigenvalue weighted by Crippen LogP contribution is 2.01. The van der Waals surface area contributed by atoms with Gasteiger partial charge >= 0.3 is 6.09 Å². The molecular formula is C11H23N3O2. The molecule has 1 fully saturated rings. The number of amides is 1. The minimum Gasteiger partial charge on any atom is -0.450 e. The molecule has 1 aliphatic heterocycles. The summed E-state index contributed by atoms with van der Waals surface area (Å²) in [7, 11) is 3.74. The highest BCUT2D eigenvalue weighted by Gasteiger charge is 2.12. The first-order valence-corrected chi connectivity index (χ1v) is 5.98. The van der Waals surface area contributed by atoms with Crippen molar-refractivity contribution in [1.82, 2.24) is 15.1 Å². The maximum atomic E-state index is 10.8. The fourth-order valence-electron chi connectivity index (χ4n) is 1.75. The lowest BCUT2D eigenvalue weighted by Crippen LogP contribution is -2.44. The zero-order chi connectivity index (χ0) is 11.8. The summed E-state index contributed by atoms with van der Waals surface area (Å²) in [5, 5.41) is 2.43. The molecule has 0 bridgehead atoms. The van der Waals surface area contributed by atoms with Gasteiger partial charge in [0, 0.05) is 33.2 Å². The van der Waals surface area contributed by atoms with Crippen LogP contribution >= 0.6 is 0 Å². The van der Waals surface area contributed by atoms with Crippen LogP contribution in [0.15, 0.2) is 0 Å². The molecule has 0 aromatic heterocycles. The van der Waals surface area contributed by atoms with Gasteiger partial charge in [0.05, 0.1) is 6.61 Å². The van der Waals surface area contributed by atoms with Gasteiger partial charge in [0.25, 0.3) is 0 Å². The Balaban J connectivity index is 1.93. The van der Waals surface area contributed by atoms with Crippen molar-refractivity contribution in [2.75, 3.05) is 53.4 Å². The second-order valence-electron chi connectivity index (χ2n) is 4.24. The van der Waals surface area contributed by atoms with Gasteiger partial charge in [-0.25, -0.2) is 4.79 Å². The molecule has 1 N–H and O–H groups in total. The van der Waals surface area contributed by atoms with Crippen LogP contribution in [0, 0.1) is 0 Å². The predicted octanol–water partition coefficient (Wildman–Crippen LogP) is 0.370. The van der Waals surface area contributed by atoms with E-state index in [0.717, 1.165) is 45.6 Å². The van der Waals surface area contributed by atoms with Crippen LogP contribution in [0.4, 0.5) is 4.79 Å². The third kappa shape index (κ3) is 5.32. The SMILES string of the molecule is CNC(=O)OCCCCN1CCN(C)CC1. The van der Waals surface area contributed by atoms with Crippen LogP contribution in [0.2, 0.25) is 0 Å². The molecule has 0 radical (unpaired) electrons. The van der Waals surface area contributed by atoms with E-state index >= 15 is 0 Å². The monoisotopic (exact) mass is 229 g/mol. The average Bonchev–Trinajstić information content (AvgIpc) is 2.31. The number of piperazine rings is 1. The topological polar surface area (TPSA) is 44.8 Å². The lowest BCUT2D eigenvalue weighted by atomic mass is 10.2. The molecule has 0 unspecified atom stereocenters. The van der Waals surface area contributed by atoms with Crippen LogP contribution in [-0.2, 0) is 4.74 Å². The van der Waals surface area contributed by atoms with E-state index in [2.05, 4.69) is 22.2 Å². The molecule has 1 heterocycles. The zero-order valence-electron chi connectivity index (χ0n) is 10.4. The summed E-state index contributed by atoms with van der Waals surface area (Å²) in [6.45, 7) is 6.28. The number of unbranched alkanes of at least 4 members (excludes halogenated alkanes) is 1. The van der Waals surface area contributed by atoms with Crippen molar-refractivity contribution >= 4 is 6.09 Å². The van der Waals surface area contributed by atoms with E-state index in [9.17, 15) is 4.79 Å². The summed E-state index contributed by atoms with van der Waals surface area (Å²) in [5.41, 5.74) is 0. The Morgan fingerprint density at radius 2 is 1.94 bits per heavy atom. The predicted molar refractivity (Wildman–Crippen MR) is 63.6 cm³/mol. The number of nitrogens with zero attached hydrogens (tertiary/aromatic N) is 2. The summed E-state index contributed by atoms with van der Waals surface area (Å²) < 4.78 is 4.92. The highest BCUT2D eigenvalue weighted by atomic mass is 16.5. The van der Waals surface area contributed by atoms with Gasteiger partial charge in [-0.3, -0.25) is 0 Å². The van der Waals surface area contributed by atoms with Crippen molar-refractivity contribution in [1.29, 1.82) is 0 Å². The van der Waals surface area contributed by atoms with Gasteiger partial charge in [0.2, 0.25) is 0 Å². The van der Waals surface area contributed by atoms with Crippen molar-refractivity contribution in [3.05, 3.63) is 0 Å². The molecule has 5 nitrogen and oxygen atoms in total. The van der Waals surface area contributed by atoms with Crippen LogP contribution in [0.3, 0.4) is 0 Å². The minimum absolute atomic E-state index is 0.334. The normalized spacial score (nSPS) is 18.4. The summed E-state index contributed by atoms with van der Waals surface area (Å²) in [6, 6.07) is 0. The molecule has 0 aliphatic carbocycles. The van der Waals surface area contributed by atoms with Gasteiger partial charge in [-0.2, -0.15) is 0 Å². The average molecular weight is 229 g/mol. The quantitative estimate of drug-likeness (QED) is 0.692. The number of carbonyl (C=O) groups is 1. The van der Waals surface area contributed by atoms with E-state index in [-0.39, 0.29) is 6.09 Å². The van der Waals surface area contributed by atoms with Gasteiger partial charge in [0.15, 0.2) is 0 Å². The Bertz CT molecular complexity index is 203. The second kappa shape index (κ2) is 7.46. The van der Waals surface area contributed by atoms with E-state index in [0.29, 0.717) is 6.61 Å². The zero-order valence-corrected chi connectivity index (χ0v) is 10.4. The number of hydrogen-bond acceptors (Lipinski definition) is 4. The molecule has 0 aromatic rings. The largest absolute Gasteiger partial charge is 0.450 e. The van der Waals surface area contributed by atoms with Crippen molar-refractivity contribution in [3.8, 4) is 0 Å². The Morgan fingerprint density at radius 3 is 2.56 bits per heavy atom.